The predicted octanol–water partition coefficient (Wildman–Crippen LogP) is 1.25. The van der Waals surface area contributed by atoms with E-state index >= 15 is 0 Å². The Hall–Kier alpha value is -0.940. The Morgan fingerprint density at radius 1 is 1.47 bits per heavy atom. The highest BCUT2D eigenvalue weighted by Gasteiger charge is 2.19. The van der Waals surface area contributed by atoms with E-state index in [1.807, 2.05) is 20.9 Å². The van der Waals surface area contributed by atoms with Crippen molar-refractivity contribution in [3.05, 3.63) is 28.0 Å². The molecular weight excluding hydrogens is 284 g/mol. The first-order chi connectivity index (χ1) is 8.04. The minimum absolute atomic E-state index is 0.00999. The maximum atomic E-state index is 12.1. The number of aliphatic hydroxyl groups is 1. The highest BCUT2D eigenvalue weighted by atomic mass is 79.9. The molecule has 1 N–H and O–H groups in total. The van der Waals surface area contributed by atoms with Gasteiger partial charge in [-0.1, -0.05) is 0 Å². The van der Waals surface area contributed by atoms with E-state index < -0.39 is 0 Å². The first-order valence-electron chi connectivity index (χ1n) is 5.63. The van der Waals surface area contributed by atoms with E-state index in [4.69, 9.17) is 0 Å². The lowest BCUT2D eigenvalue weighted by atomic mass is 10.2. The number of carbonyl (C=O) groups is 1. The number of amides is 1. The van der Waals surface area contributed by atoms with Crippen LogP contribution in [0.2, 0.25) is 0 Å². The summed E-state index contributed by atoms with van der Waals surface area (Å²) in [6.07, 6.45) is 1.75. The number of nitrogens with zero attached hydrogens (tertiary/aromatic N) is 2. The molecule has 1 aromatic heterocycles. The molecule has 0 saturated heterocycles. The summed E-state index contributed by atoms with van der Waals surface area (Å²) >= 11 is 3.37. The molecular formula is C12H18BrN2O2+. The van der Waals surface area contributed by atoms with Gasteiger partial charge in [-0.3, -0.25) is 4.79 Å². The molecule has 0 atom stereocenters. The topological polar surface area (TPSA) is 44.4 Å². The average molecular weight is 302 g/mol. The Balaban J connectivity index is 3.12. The van der Waals surface area contributed by atoms with Gasteiger partial charge in [0, 0.05) is 13.1 Å². The molecule has 0 aromatic carbocycles. The first kappa shape index (κ1) is 14.1. The molecule has 0 saturated carbocycles. The summed E-state index contributed by atoms with van der Waals surface area (Å²) in [5, 5.41) is 9.18. The van der Waals surface area contributed by atoms with E-state index in [0.29, 0.717) is 18.7 Å². The zero-order chi connectivity index (χ0) is 13.0. The van der Waals surface area contributed by atoms with Gasteiger partial charge in [0.2, 0.25) is 5.69 Å². The van der Waals surface area contributed by atoms with Gasteiger partial charge in [0.1, 0.15) is 19.2 Å². The molecule has 0 unspecified atom stereocenters. The van der Waals surface area contributed by atoms with Crippen LogP contribution in [0.5, 0.6) is 0 Å². The van der Waals surface area contributed by atoms with Gasteiger partial charge in [-0.05, 0) is 35.8 Å². The zero-order valence-electron chi connectivity index (χ0n) is 10.4. The van der Waals surface area contributed by atoms with Crippen LogP contribution in [-0.2, 0) is 13.7 Å². The molecule has 0 spiro atoms. The summed E-state index contributed by atoms with van der Waals surface area (Å²) in [6, 6.07) is 1.76. The van der Waals surface area contributed by atoms with E-state index in [1.165, 1.54) is 0 Å². The van der Waals surface area contributed by atoms with Crippen LogP contribution < -0.4 is 4.57 Å². The Kier molecular flexibility index (Phi) is 5.08. The smallest absolute Gasteiger partial charge is 0.259 e. The number of rotatable bonds is 4. The predicted molar refractivity (Wildman–Crippen MR) is 68.5 cm³/mol. The van der Waals surface area contributed by atoms with Crippen LogP contribution in [-0.4, -0.2) is 29.0 Å². The highest BCUT2D eigenvalue weighted by Crippen LogP contribution is 2.16. The molecule has 5 heteroatoms. The van der Waals surface area contributed by atoms with Crippen LogP contribution in [0, 0.1) is 0 Å². The molecule has 0 aliphatic rings. The minimum atomic E-state index is -0.0587. The lowest BCUT2D eigenvalue weighted by Gasteiger charge is -2.18. The van der Waals surface area contributed by atoms with Crippen LogP contribution in [0.15, 0.2) is 16.7 Å². The number of aromatic nitrogens is 1. The van der Waals surface area contributed by atoms with Crippen molar-refractivity contribution in [3.8, 4) is 0 Å². The summed E-state index contributed by atoms with van der Waals surface area (Å²) in [5.74, 6) is 0.00999. The Bertz CT molecular complexity index is 394. The number of hydrogen-bond acceptors (Lipinski definition) is 2. The summed E-state index contributed by atoms with van der Waals surface area (Å²) in [4.78, 5) is 13.9. The van der Waals surface area contributed by atoms with Gasteiger partial charge in [0.05, 0.1) is 4.47 Å². The van der Waals surface area contributed by atoms with Crippen molar-refractivity contribution < 1.29 is 14.5 Å². The normalized spacial score (nSPS) is 10.4. The second-order valence-electron chi connectivity index (χ2n) is 3.77. The van der Waals surface area contributed by atoms with Crippen molar-refractivity contribution in [1.29, 1.82) is 0 Å². The van der Waals surface area contributed by atoms with Gasteiger partial charge in [-0.2, -0.15) is 0 Å². The fourth-order valence-corrected chi connectivity index (χ4v) is 2.36. The van der Waals surface area contributed by atoms with Crippen molar-refractivity contribution in [2.75, 3.05) is 13.1 Å². The van der Waals surface area contributed by atoms with Gasteiger partial charge in [0.25, 0.3) is 5.91 Å². The Morgan fingerprint density at radius 3 is 2.47 bits per heavy atom. The van der Waals surface area contributed by atoms with E-state index in [0.717, 1.165) is 10.2 Å². The van der Waals surface area contributed by atoms with Gasteiger partial charge >= 0.3 is 0 Å². The number of hydrogen-bond donors (Lipinski definition) is 1. The molecule has 17 heavy (non-hydrogen) atoms. The SMILES string of the molecule is CCN(CC)C(=O)c1cc(Br)c(CO)[n+](C)c1. The van der Waals surface area contributed by atoms with Crippen molar-refractivity contribution in [2.45, 2.75) is 20.5 Å². The maximum Gasteiger partial charge on any atom is 0.259 e. The molecule has 1 rings (SSSR count). The molecule has 0 aliphatic heterocycles. The fourth-order valence-electron chi connectivity index (χ4n) is 1.71. The number of aliphatic hydroxyl groups excluding tert-OH is 1. The lowest BCUT2D eigenvalue weighted by Crippen LogP contribution is -2.37. The molecule has 0 aliphatic carbocycles. The van der Waals surface area contributed by atoms with Gasteiger partial charge < -0.3 is 10.0 Å². The molecule has 0 radical (unpaired) electrons. The third kappa shape index (κ3) is 3.04. The van der Waals surface area contributed by atoms with Crippen molar-refractivity contribution in [3.63, 3.8) is 0 Å². The highest BCUT2D eigenvalue weighted by molar-refractivity contribution is 9.10. The van der Waals surface area contributed by atoms with E-state index in [1.54, 1.807) is 21.7 Å². The van der Waals surface area contributed by atoms with Gasteiger partial charge in [-0.15, -0.1) is 0 Å². The summed E-state index contributed by atoms with van der Waals surface area (Å²) in [5.41, 5.74) is 1.38. The van der Waals surface area contributed by atoms with Gasteiger partial charge in [0.15, 0.2) is 6.20 Å². The van der Waals surface area contributed by atoms with Crippen LogP contribution in [0.25, 0.3) is 0 Å². The van der Waals surface area contributed by atoms with Crippen LogP contribution >= 0.6 is 15.9 Å². The third-order valence-electron chi connectivity index (χ3n) is 2.76. The zero-order valence-corrected chi connectivity index (χ0v) is 12.0. The number of aryl methyl sites for hydroxylation is 1. The second-order valence-corrected chi connectivity index (χ2v) is 4.62. The summed E-state index contributed by atoms with van der Waals surface area (Å²) in [6.45, 7) is 5.24. The van der Waals surface area contributed by atoms with E-state index in [9.17, 15) is 9.90 Å². The minimum Gasteiger partial charge on any atom is -0.385 e. The Morgan fingerprint density at radius 2 is 2.06 bits per heavy atom. The fraction of sp³-hybridized carbons (Fsp3) is 0.500. The number of halogens is 1. The molecule has 0 bridgehead atoms. The maximum absolute atomic E-state index is 12.1. The van der Waals surface area contributed by atoms with Crippen LogP contribution in [0.4, 0.5) is 0 Å². The monoisotopic (exact) mass is 301 g/mol. The average Bonchev–Trinajstić information content (AvgIpc) is 2.30. The van der Waals surface area contributed by atoms with Crippen molar-refractivity contribution >= 4 is 21.8 Å². The number of pyridine rings is 1. The van der Waals surface area contributed by atoms with Crippen molar-refractivity contribution in [1.82, 2.24) is 4.90 Å². The van der Waals surface area contributed by atoms with Crippen molar-refractivity contribution in [2.24, 2.45) is 7.05 Å². The first-order valence-corrected chi connectivity index (χ1v) is 6.42. The molecule has 1 aromatic rings. The summed E-state index contributed by atoms with van der Waals surface area (Å²) < 4.78 is 2.52. The standard InChI is InChI=1S/C12H18BrN2O2/c1-4-15(5-2)12(17)9-6-10(13)11(8-16)14(3)7-9/h6-7,16H,4-5,8H2,1-3H3/q+1. The molecule has 1 amide bonds. The van der Waals surface area contributed by atoms with Crippen LogP contribution in [0.3, 0.4) is 0 Å². The van der Waals surface area contributed by atoms with E-state index in [-0.39, 0.29) is 12.5 Å². The number of carbonyl (C=O) groups excluding carboxylic acids is 1. The Labute approximate surface area is 110 Å². The van der Waals surface area contributed by atoms with Crippen LogP contribution in [0.1, 0.15) is 29.9 Å². The van der Waals surface area contributed by atoms with E-state index in [2.05, 4.69) is 15.9 Å². The second kappa shape index (κ2) is 6.12. The summed E-state index contributed by atoms with van der Waals surface area (Å²) in [7, 11) is 1.81. The largest absolute Gasteiger partial charge is 0.385 e. The quantitative estimate of drug-likeness (QED) is 0.851. The van der Waals surface area contributed by atoms with Gasteiger partial charge in [-0.25, -0.2) is 4.57 Å². The molecule has 0 fully saturated rings. The molecule has 1 heterocycles. The molecule has 4 nitrogen and oxygen atoms in total. The lowest BCUT2D eigenvalue weighted by molar-refractivity contribution is -0.681. The molecule has 94 valence electrons. The third-order valence-corrected chi connectivity index (χ3v) is 3.45.